The van der Waals surface area contributed by atoms with Crippen LogP contribution in [0.5, 0.6) is 0 Å². The van der Waals surface area contributed by atoms with E-state index in [1.807, 2.05) is 0 Å². The van der Waals surface area contributed by atoms with Crippen molar-refractivity contribution in [2.24, 2.45) is 0 Å². The molecular weight excluding hydrogens is 1710 g/mol. The van der Waals surface area contributed by atoms with E-state index in [1.165, 1.54) is 103 Å². The summed E-state index contributed by atoms with van der Waals surface area (Å²) in [6.45, 7) is 32.3. The van der Waals surface area contributed by atoms with Crippen molar-refractivity contribution in [2.45, 2.75) is 122 Å². The Kier molecular flexibility index (Phi) is 119. The number of ether oxygens (including phenoxy) is 30. The van der Waals surface area contributed by atoms with E-state index < -0.39 is 31.7 Å². The Morgan fingerprint density at radius 3 is 0.392 bits per heavy atom. The average molecular weight is 1880 g/mol. The largest absolute Gasteiger partial charge is 1.00 e. The summed E-state index contributed by atoms with van der Waals surface area (Å²) in [4.78, 5) is 2.45. The molecule has 0 amide bonds. The van der Waals surface area contributed by atoms with Crippen LogP contribution in [-0.4, -0.2) is 458 Å². The summed E-state index contributed by atoms with van der Waals surface area (Å²) in [5, 5.41) is 0. The van der Waals surface area contributed by atoms with Gasteiger partial charge in [0.2, 0.25) is 0 Å². The van der Waals surface area contributed by atoms with Gasteiger partial charge in [-0.2, -0.15) is 0 Å². The Bertz CT molecular complexity index is 2060. The zero-order valence-electron chi connectivity index (χ0n) is 77.7. The minimum absolute atomic E-state index is 0. The van der Waals surface area contributed by atoms with Gasteiger partial charge in [-0.15, -0.1) is 0 Å². The molecule has 0 unspecified atom stereocenters. The summed E-state index contributed by atoms with van der Waals surface area (Å²) in [7, 11) is -8.39. The standard InChI is InChI=1S/C84H171NO36S2.2Na/c1-2-3-4-5-6-7-8-9-10-11-12-13-14-15-16-17-20-85(21-25-94-29-33-98-37-41-102-45-49-106-53-57-110-61-65-114-69-73-118-77-81-120-79-75-116-71-67-112-63-59-108-55-51-104-47-43-100-39-35-96-31-27-92-23-18-83-122(86,87)88)22-26-95-30-34-99-38-42-103-46-50-107-54-58-111-62-66-115-70-74-119-78-82-121-80-76-117-72-68-113-64-60-109-56-52-105-48-44-101-40-36-97-32-28-93-24-19-84-123(89,90)91;;/h2-84H2,1H3,(H,86,87,88)(H,89,90,91);;/q;2*+1/p-2. The van der Waals surface area contributed by atoms with E-state index in [2.05, 4.69) is 11.8 Å². The molecule has 0 aliphatic carbocycles. The van der Waals surface area contributed by atoms with Crippen LogP contribution < -0.4 is 59.1 Å². The number of hydrogen-bond acceptors (Lipinski definition) is 37. The molecular formula is C84H169NNa2O36S2. The maximum atomic E-state index is 10.5. The number of nitrogens with zero attached hydrogens (tertiary/aromatic N) is 1. The van der Waals surface area contributed by atoms with Gasteiger partial charge in [-0.05, 0) is 25.8 Å². The van der Waals surface area contributed by atoms with E-state index in [0.717, 1.165) is 19.6 Å². The summed E-state index contributed by atoms with van der Waals surface area (Å²) < 4.78 is 230. The van der Waals surface area contributed by atoms with E-state index in [0.29, 0.717) is 383 Å². The molecule has 0 saturated carbocycles. The second-order valence-corrected chi connectivity index (χ2v) is 30.8. The molecule has 0 aromatic rings. The Morgan fingerprint density at radius 1 is 0.152 bits per heavy atom. The maximum Gasteiger partial charge on any atom is 1.00 e. The molecule has 0 aromatic heterocycles. The van der Waals surface area contributed by atoms with Crippen LogP contribution in [0.4, 0.5) is 0 Å². The van der Waals surface area contributed by atoms with Gasteiger partial charge >= 0.3 is 59.1 Å². The van der Waals surface area contributed by atoms with Gasteiger partial charge in [-0.1, -0.05) is 103 Å². The minimum atomic E-state index is -4.19. The second kappa shape index (κ2) is 115. The van der Waals surface area contributed by atoms with Crippen molar-refractivity contribution >= 4 is 20.2 Å². The maximum absolute atomic E-state index is 10.5. The molecule has 0 atom stereocenters. The van der Waals surface area contributed by atoms with Crippen LogP contribution in [0.25, 0.3) is 0 Å². The molecule has 0 saturated heterocycles. The molecule has 41 heteroatoms. The van der Waals surface area contributed by atoms with Crippen molar-refractivity contribution < 1.29 is 227 Å². The second-order valence-electron chi connectivity index (χ2n) is 27.7. The molecule has 0 aliphatic rings. The van der Waals surface area contributed by atoms with Crippen molar-refractivity contribution in [3.05, 3.63) is 0 Å². The van der Waals surface area contributed by atoms with E-state index >= 15 is 0 Å². The van der Waals surface area contributed by atoms with Gasteiger partial charge in [0.25, 0.3) is 0 Å². The predicted octanol–water partition coefficient (Wildman–Crippen LogP) is -0.0735. The molecule has 0 heterocycles. The van der Waals surface area contributed by atoms with Crippen molar-refractivity contribution in [1.82, 2.24) is 4.90 Å². The molecule has 740 valence electrons. The minimum Gasteiger partial charge on any atom is -0.748 e. The third kappa shape index (κ3) is 125. The van der Waals surface area contributed by atoms with Gasteiger partial charge in [0, 0.05) is 37.8 Å². The summed E-state index contributed by atoms with van der Waals surface area (Å²) in [6.07, 6.45) is 22.0. The molecule has 0 aliphatic heterocycles. The normalized spacial score (nSPS) is 12.0. The van der Waals surface area contributed by atoms with Gasteiger partial charge in [0.1, 0.15) is 0 Å². The predicted molar refractivity (Wildman–Crippen MR) is 459 cm³/mol. The molecule has 0 N–H and O–H groups in total. The van der Waals surface area contributed by atoms with Crippen LogP contribution in [0.3, 0.4) is 0 Å². The summed E-state index contributed by atoms with van der Waals surface area (Å²) >= 11 is 0. The Hall–Kier alpha value is 0.580. The molecule has 0 fully saturated rings. The van der Waals surface area contributed by atoms with E-state index in [1.54, 1.807) is 0 Å². The fraction of sp³-hybridized carbons (Fsp3) is 1.00. The summed E-state index contributed by atoms with van der Waals surface area (Å²) in [6, 6.07) is 0. The SMILES string of the molecule is CCCCCCCCCCCCCCCCCCN(CCOCCOCCOCCOCCOCCOCCOCCOCCOCCOCCOCCOCCOCCOCCOCCCS(=O)(=O)[O-])CCOCCOCCOCCOCCOCCOCCOCCOCCOCCOCCOCCOCCOCCOCCOCCCS(=O)(=O)[O-].[Na+].[Na+]. The Balaban J connectivity index is -0.0000744. The Labute approximate surface area is 796 Å². The molecule has 0 bridgehead atoms. The quantitative estimate of drug-likeness (QED) is 0.0437. The van der Waals surface area contributed by atoms with Crippen LogP contribution in [-0.2, 0) is 162 Å². The van der Waals surface area contributed by atoms with Crippen LogP contribution in [0.2, 0.25) is 0 Å². The third-order valence-electron chi connectivity index (χ3n) is 17.2. The molecule has 125 heavy (non-hydrogen) atoms. The molecule has 0 spiro atoms. The van der Waals surface area contributed by atoms with Crippen LogP contribution in [0.1, 0.15) is 122 Å². The van der Waals surface area contributed by atoms with Crippen molar-refractivity contribution in [1.29, 1.82) is 0 Å². The first-order chi connectivity index (χ1) is 60.6. The van der Waals surface area contributed by atoms with E-state index in [9.17, 15) is 25.9 Å². The van der Waals surface area contributed by atoms with Crippen molar-refractivity contribution in [3.8, 4) is 0 Å². The van der Waals surface area contributed by atoms with Crippen LogP contribution in [0, 0.1) is 0 Å². The molecule has 37 nitrogen and oxygen atoms in total. The zero-order chi connectivity index (χ0) is 88.5. The Morgan fingerprint density at radius 2 is 0.264 bits per heavy atom. The fourth-order valence-electron chi connectivity index (χ4n) is 10.6. The van der Waals surface area contributed by atoms with E-state index in [4.69, 9.17) is 142 Å². The number of unbranched alkanes of at least 4 members (excludes halogenated alkanes) is 15. The van der Waals surface area contributed by atoms with Crippen molar-refractivity contribution in [2.75, 3.05) is 428 Å². The van der Waals surface area contributed by atoms with Crippen LogP contribution in [0.15, 0.2) is 0 Å². The van der Waals surface area contributed by atoms with Gasteiger partial charge in [-0.25, -0.2) is 16.8 Å². The molecule has 0 rings (SSSR count). The smallest absolute Gasteiger partial charge is 0.748 e. The summed E-state index contributed by atoms with van der Waals surface area (Å²) in [5.74, 6) is -0.850. The first-order valence-corrected chi connectivity index (χ1v) is 48.7. The van der Waals surface area contributed by atoms with Crippen molar-refractivity contribution in [3.63, 3.8) is 0 Å². The fourth-order valence-corrected chi connectivity index (χ4v) is 11.6. The van der Waals surface area contributed by atoms with Gasteiger partial charge in [0.15, 0.2) is 0 Å². The summed E-state index contributed by atoms with van der Waals surface area (Å²) in [5.41, 5.74) is 0. The third-order valence-corrected chi connectivity index (χ3v) is 18.8. The molecule has 0 aromatic carbocycles. The monoisotopic (exact) mass is 1880 g/mol. The average Bonchev–Trinajstić information content (AvgIpc) is 1.00. The molecule has 0 radical (unpaired) electrons. The number of hydrogen-bond donors (Lipinski definition) is 0. The van der Waals surface area contributed by atoms with E-state index in [-0.39, 0.29) is 85.2 Å². The first kappa shape index (κ1) is 130. The van der Waals surface area contributed by atoms with Crippen LogP contribution >= 0.6 is 0 Å². The number of rotatable bonds is 115. The van der Waals surface area contributed by atoms with Gasteiger partial charge in [0.05, 0.1) is 403 Å². The van der Waals surface area contributed by atoms with Gasteiger partial charge < -0.3 is 151 Å². The van der Waals surface area contributed by atoms with Gasteiger partial charge in [-0.3, -0.25) is 4.90 Å². The zero-order valence-corrected chi connectivity index (χ0v) is 83.3. The topological polar surface area (TPSA) is 395 Å². The first-order valence-electron chi connectivity index (χ1n) is 45.6.